The van der Waals surface area contributed by atoms with E-state index in [1.807, 2.05) is 0 Å². The Morgan fingerprint density at radius 1 is 1.22 bits per heavy atom. The molecule has 1 aromatic rings. The first-order valence-electron chi connectivity index (χ1n) is 7.25. The Hall–Kier alpha value is -0.860. The predicted molar refractivity (Wildman–Crippen MR) is 77.6 cm³/mol. The van der Waals surface area contributed by atoms with Crippen molar-refractivity contribution < 1.29 is 0 Å². The molecular formula is C16H26N2. The highest BCUT2D eigenvalue weighted by Crippen LogP contribution is 2.29. The quantitative estimate of drug-likeness (QED) is 0.836. The Morgan fingerprint density at radius 3 is 2.50 bits per heavy atom. The molecule has 0 radical (unpaired) electrons. The van der Waals surface area contributed by atoms with Gasteiger partial charge in [-0.05, 0) is 37.8 Å². The van der Waals surface area contributed by atoms with Gasteiger partial charge in [-0.3, -0.25) is 0 Å². The first-order chi connectivity index (χ1) is 8.81. The van der Waals surface area contributed by atoms with Crippen LogP contribution in [0.5, 0.6) is 0 Å². The lowest BCUT2D eigenvalue weighted by atomic mass is 9.96. The highest BCUT2D eigenvalue weighted by Gasteiger charge is 2.26. The standard InChI is InChI=1S/C16H26N2/c1-18(12-11-14-7-3-2-4-8-14)16(13-17)15-9-5-6-10-15/h2-4,7-8,15-16H,5-6,9-13,17H2,1H3. The Balaban J connectivity index is 1.83. The second-order valence-electron chi connectivity index (χ2n) is 5.56. The van der Waals surface area contributed by atoms with E-state index in [4.69, 9.17) is 5.73 Å². The Morgan fingerprint density at radius 2 is 1.89 bits per heavy atom. The summed E-state index contributed by atoms with van der Waals surface area (Å²) < 4.78 is 0. The van der Waals surface area contributed by atoms with Gasteiger partial charge < -0.3 is 10.6 Å². The minimum atomic E-state index is 0.580. The van der Waals surface area contributed by atoms with Gasteiger partial charge in [-0.2, -0.15) is 0 Å². The second-order valence-corrected chi connectivity index (χ2v) is 5.56. The minimum absolute atomic E-state index is 0.580. The van der Waals surface area contributed by atoms with Gasteiger partial charge in [0.25, 0.3) is 0 Å². The van der Waals surface area contributed by atoms with E-state index in [9.17, 15) is 0 Å². The summed E-state index contributed by atoms with van der Waals surface area (Å²) in [7, 11) is 2.23. The molecule has 1 aliphatic rings. The summed E-state index contributed by atoms with van der Waals surface area (Å²) in [6.45, 7) is 1.92. The molecule has 0 aliphatic heterocycles. The summed E-state index contributed by atoms with van der Waals surface area (Å²) in [4.78, 5) is 2.48. The molecule has 1 aliphatic carbocycles. The molecule has 100 valence electrons. The fraction of sp³-hybridized carbons (Fsp3) is 0.625. The fourth-order valence-corrected chi connectivity index (χ4v) is 3.19. The average Bonchev–Trinajstić information content (AvgIpc) is 2.92. The van der Waals surface area contributed by atoms with Crippen LogP contribution in [0.1, 0.15) is 31.2 Å². The van der Waals surface area contributed by atoms with E-state index in [2.05, 4.69) is 42.3 Å². The molecule has 1 fully saturated rings. The van der Waals surface area contributed by atoms with Crippen LogP contribution in [-0.4, -0.2) is 31.1 Å². The lowest BCUT2D eigenvalue weighted by Gasteiger charge is -2.31. The zero-order chi connectivity index (χ0) is 12.8. The smallest absolute Gasteiger partial charge is 0.0243 e. The van der Waals surface area contributed by atoms with Gasteiger partial charge in [-0.25, -0.2) is 0 Å². The van der Waals surface area contributed by atoms with E-state index in [0.717, 1.165) is 25.4 Å². The van der Waals surface area contributed by atoms with Crippen LogP contribution in [0.2, 0.25) is 0 Å². The van der Waals surface area contributed by atoms with Crippen molar-refractivity contribution in [1.29, 1.82) is 0 Å². The van der Waals surface area contributed by atoms with E-state index in [1.165, 1.54) is 31.2 Å². The largest absolute Gasteiger partial charge is 0.329 e. The van der Waals surface area contributed by atoms with E-state index in [1.54, 1.807) is 0 Å². The van der Waals surface area contributed by atoms with Crippen LogP contribution in [0.4, 0.5) is 0 Å². The van der Waals surface area contributed by atoms with Gasteiger partial charge in [0.2, 0.25) is 0 Å². The third-order valence-corrected chi connectivity index (χ3v) is 4.35. The van der Waals surface area contributed by atoms with Crippen molar-refractivity contribution in [1.82, 2.24) is 4.90 Å². The first-order valence-corrected chi connectivity index (χ1v) is 7.25. The molecule has 0 amide bonds. The molecule has 1 atom stereocenters. The molecular weight excluding hydrogens is 220 g/mol. The molecule has 2 nitrogen and oxygen atoms in total. The summed E-state index contributed by atoms with van der Waals surface area (Å²) in [5.74, 6) is 0.829. The van der Waals surface area contributed by atoms with E-state index >= 15 is 0 Å². The van der Waals surface area contributed by atoms with Gasteiger partial charge >= 0.3 is 0 Å². The number of hydrogen-bond acceptors (Lipinski definition) is 2. The Kier molecular flexibility index (Phi) is 5.21. The summed E-state index contributed by atoms with van der Waals surface area (Å²) >= 11 is 0. The zero-order valence-electron chi connectivity index (χ0n) is 11.5. The molecule has 0 spiro atoms. The number of hydrogen-bond donors (Lipinski definition) is 1. The summed E-state index contributed by atoms with van der Waals surface area (Å²) in [6.07, 6.45) is 6.66. The van der Waals surface area contributed by atoms with Crippen molar-refractivity contribution in [3.8, 4) is 0 Å². The number of rotatable bonds is 6. The van der Waals surface area contributed by atoms with E-state index in [-0.39, 0.29) is 0 Å². The van der Waals surface area contributed by atoms with Crippen molar-refractivity contribution in [2.24, 2.45) is 11.7 Å². The SMILES string of the molecule is CN(CCc1ccccc1)C(CN)C1CCCC1. The normalized spacial score (nSPS) is 18.4. The summed E-state index contributed by atoms with van der Waals surface area (Å²) in [5, 5.41) is 0. The predicted octanol–water partition coefficient (Wildman–Crippen LogP) is 2.68. The fourth-order valence-electron chi connectivity index (χ4n) is 3.19. The average molecular weight is 246 g/mol. The third kappa shape index (κ3) is 3.56. The molecule has 18 heavy (non-hydrogen) atoms. The number of nitrogens with two attached hydrogens (primary N) is 1. The van der Waals surface area contributed by atoms with Crippen LogP contribution in [0, 0.1) is 5.92 Å². The third-order valence-electron chi connectivity index (χ3n) is 4.35. The first kappa shape index (κ1) is 13.6. The van der Waals surface area contributed by atoms with Crippen LogP contribution in [0.3, 0.4) is 0 Å². The molecule has 0 bridgehead atoms. The van der Waals surface area contributed by atoms with E-state index < -0.39 is 0 Å². The van der Waals surface area contributed by atoms with E-state index in [0.29, 0.717) is 6.04 Å². The molecule has 0 aromatic heterocycles. The van der Waals surface area contributed by atoms with Crippen LogP contribution in [0.15, 0.2) is 30.3 Å². The maximum atomic E-state index is 5.98. The molecule has 1 saturated carbocycles. The molecule has 0 saturated heterocycles. The topological polar surface area (TPSA) is 29.3 Å². The van der Waals surface area contributed by atoms with Crippen LogP contribution >= 0.6 is 0 Å². The van der Waals surface area contributed by atoms with Crippen LogP contribution in [-0.2, 0) is 6.42 Å². The molecule has 2 rings (SSSR count). The van der Waals surface area contributed by atoms with Gasteiger partial charge in [-0.1, -0.05) is 43.2 Å². The molecule has 0 heterocycles. The lowest BCUT2D eigenvalue weighted by molar-refractivity contribution is 0.183. The highest BCUT2D eigenvalue weighted by atomic mass is 15.1. The van der Waals surface area contributed by atoms with Gasteiger partial charge in [0.05, 0.1) is 0 Å². The lowest BCUT2D eigenvalue weighted by Crippen LogP contribution is -2.43. The monoisotopic (exact) mass is 246 g/mol. The van der Waals surface area contributed by atoms with Gasteiger partial charge in [0, 0.05) is 19.1 Å². The van der Waals surface area contributed by atoms with Crippen LogP contribution in [0.25, 0.3) is 0 Å². The van der Waals surface area contributed by atoms with Crippen molar-refractivity contribution in [2.75, 3.05) is 20.1 Å². The van der Waals surface area contributed by atoms with Crippen molar-refractivity contribution in [3.63, 3.8) is 0 Å². The molecule has 1 aromatic carbocycles. The number of nitrogens with zero attached hydrogens (tertiary/aromatic N) is 1. The maximum absolute atomic E-state index is 5.98. The van der Waals surface area contributed by atoms with Crippen molar-refractivity contribution in [2.45, 2.75) is 38.1 Å². The van der Waals surface area contributed by atoms with Crippen molar-refractivity contribution >= 4 is 0 Å². The summed E-state index contributed by atoms with van der Waals surface area (Å²) in [6, 6.07) is 11.3. The Labute approximate surface area is 111 Å². The number of likely N-dealkylation sites (N-methyl/N-ethyl adjacent to an activating group) is 1. The van der Waals surface area contributed by atoms with Gasteiger partial charge in [0.1, 0.15) is 0 Å². The number of benzene rings is 1. The van der Waals surface area contributed by atoms with Crippen LogP contribution < -0.4 is 5.73 Å². The maximum Gasteiger partial charge on any atom is 0.0243 e. The second kappa shape index (κ2) is 6.91. The zero-order valence-corrected chi connectivity index (χ0v) is 11.5. The minimum Gasteiger partial charge on any atom is -0.329 e. The molecule has 2 heteroatoms. The van der Waals surface area contributed by atoms with Gasteiger partial charge in [-0.15, -0.1) is 0 Å². The highest BCUT2D eigenvalue weighted by molar-refractivity contribution is 5.14. The molecule has 2 N–H and O–H groups in total. The summed E-state index contributed by atoms with van der Waals surface area (Å²) in [5.41, 5.74) is 7.40. The van der Waals surface area contributed by atoms with Crippen molar-refractivity contribution in [3.05, 3.63) is 35.9 Å². The molecule has 1 unspecified atom stereocenters. The Bertz CT molecular complexity index is 330. The van der Waals surface area contributed by atoms with Gasteiger partial charge in [0.15, 0.2) is 0 Å².